The molecule has 0 unspecified atom stereocenters. The lowest BCUT2D eigenvalue weighted by atomic mass is 9.99. The molecule has 0 spiro atoms. The second-order valence-corrected chi connectivity index (χ2v) is 7.25. The molecule has 4 rings (SSSR count). The van der Waals surface area contributed by atoms with Gasteiger partial charge in [0.1, 0.15) is 11.3 Å². The first-order valence-corrected chi connectivity index (χ1v) is 8.88. The molecule has 0 aliphatic carbocycles. The Labute approximate surface area is 153 Å². The van der Waals surface area contributed by atoms with Crippen LogP contribution in [0.2, 0.25) is 0 Å². The highest BCUT2D eigenvalue weighted by Crippen LogP contribution is 2.37. The van der Waals surface area contributed by atoms with Crippen LogP contribution in [0.4, 0.5) is 5.69 Å². The van der Waals surface area contributed by atoms with E-state index >= 15 is 0 Å². The molecule has 0 atom stereocenters. The summed E-state index contributed by atoms with van der Waals surface area (Å²) in [4.78, 5) is 14.3. The number of anilines is 1. The average Bonchev–Trinajstić information content (AvgIpc) is 2.63. The zero-order valence-corrected chi connectivity index (χ0v) is 15.9. The zero-order chi connectivity index (χ0) is 18.6. The van der Waals surface area contributed by atoms with Gasteiger partial charge in [-0.15, -0.1) is 0 Å². The number of hydrogen-bond acceptors (Lipinski definition) is 4. The van der Waals surface area contributed by atoms with E-state index in [9.17, 15) is 4.79 Å². The van der Waals surface area contributed by atoms with E-state index in [1.807, 2.05) is 20.8 Å². The van der Waals surface area contributed by atoms with E-state index in [1.165, 1.54) is 11.1 Å². The number of nitrogens with zero attached hydrogens (tertiary/aromatic N) is 1. The summed E-state index contributed by atoms with van der Waals surface area (Å²) in [6, 6.07) is 8.59. The number of ether oxygens (including phenoxy) is 1. The summed E-state index contributed by atoms with van der Waals surface area (Å²) in [6.45, 7) is 11.3. The van der Waals surface area contributed by atoms with Gasteiger partial charge in [0, 0.05) is 34.3 Å². The Hall–Kier alpha value is -2.75. The molecule has 1 aromatic heterocycles. The highest BCUT2D eigenvalue weighted by atomic mass is 16.5. The SMILES string of the molecule is Cc1ccc(N2COc3c(cc4c(C)c(C)c(=O)oc4c3C)C2)cc1C. The van der Waals surface area contributed by atoms with Crippen LogP contribution in [0.1, 0.15) is 33.4 Å². The Morgan fingerprint density at radius 3 is 2.42 bits per heavy atom. The Morgan fingerprint density at radius 1 is 0.923 bits per heavy atom. The van der Waals surface area contributed by atoms with Crippen LogP contribution < -0.4 is 15.3 Å². The van der Waals surface area contributed by atoms with Crippen molar-refractivity contribution in [3.05, 3.63) is 68.1 Å². The molecule has 4 nitrogen and oxygen atoms in total. The van der Waals surface area contributed by atoms with Crippen LogP contribution >= 0.6 is 0 Å². The normalized spacial score (nSPS) is 13.7. The van der Waals surface area contributed by atoms with Gasteiger partial charge in [-0.3, -0.25) is 0 Å². The smallest absolute Gasteiger partial charge is 0.339 e. The first kappa shape index (κ1) is 16.7. The fraction of sp³-hybridized carbons (Fsp3) is 0.318. The lowest BCUT2D eigenvalue weighted by Crippen LogP contribution is -2.32. The highest BCUT2D eigenvalue weighted by molar-refractivity contribution is 5.87. The third-order valence-corrected chi connectivity index (χ3v) is 5.59. The predicted molar refractivity (Wildman–Crippen MR) is 104 cm³/mol. The third-order valence-electron chi connectivity index (χ3n) is 5.59. The van der Waals surface area contributed by atoms with Gasteiger partial charge in [-0.25, -0.2) is 4.79 Å². The van der Waals surface area contributed by atoms with Crippen molar-refractivity contribution in [2.24, 2.45) is 0 Å². The number of hydrogen-bond donors (Lipinski definition) is 0. The van der Waals surface area contributed by atoms with Crippen LogP contribution in [0, 0.1) is 34.6 Å². The summed E-state index contributed by atoms with van der Waals surface area (Å²) < 4.78 is 11.6. The van der Waals surface area contributed by atoms with E-state index < -0.39 is 0 Å². The molecule has 3 aromatic rings. The van der Waals surface area contributed by atoms with E-state index in [2.05, 4.69) is 43.0 Å². The van der Waals surface area contributed by atoms with Crippen LogP contribution in [0.25, 0.3) is 11.0 Å². The first-order chi connectivity index (χ1) is 12.4. The van der Waals surface area contributed by atoms with Gasteiger partial charge >= 0.3 is 5.63 Å². The number of benzene rings is 2. The Kier molecular flexibility index (Phi) is 3.79. The van der Waals surface area contributed by atoms with Crippen molar-refractivity contribution >= 4 is 16.7 Å². The molecule has 0 amide bonds. The number of aryl methyl sites for hydroxylation is 4. The van der Waals surface area contributed by atoms with Gasteiger partial charge in [0.2, 0.25) is 0 Å². The molecule has 134 valence electrons. The summed E-state index contributed by atoms with van der Waals surface area (Å²) in [5.41, 5.74) is 7.75. The van der Waals surface area contributed by atoms with Gasteiger partial charge in [0.25, 0.3) is 0 Å². The fourth-order valence-corrected chi connectivity index (χ4v) is 3.59. The van der Waals surface area contributed by atoms with Crippen LogP contribution in [-0.2, 0) is 6.54 Å². The lowest BCUT2D eigenvalue weighted by molar-refractivity contribution is 0.287. The summed E-state index contributed by atoms with van der Waals surface area (Å²) in [5, 5.41) is 0.990. The van der Waals surface area contributed by atoms with E-state index in [-0.39, 0.29) is 5.63 Å². The quantitative estimate of drug-likeness (QED) is 0.598. The fourth-order valence-electron chi connectivity index (χ4n) is 3.59. The first-order valence-electron chi connectivity index (χ1n) is 8.88. The molecule has 26 heavy (non-hydrogen) atoms. The van der Waals surface area contributed by atoms with Gasteiger partial charge in [0.05, 0.1) is 0 Å². The molecule has 2 heterocycles. The molecule has 1 aliphatic heterocycles. The van der Waals surface area contributed by atoms with Crippen molar-refractivity contribution in [1.29, 1.82) is 0 Å². The topological polar surface area (TPSA) is 42.7 Å². The van der Waals surface area contributed by atoms with Gasteiger partial charge in [0.15, 0.2) is 6.73 Å². The van der Waals surface area contributed by atoms with Crippen molar-refractivity contribution in [2.75, 3.05) is 11.6 Å². The van der Waals surface area contributed by atoms with Crippen LogP contribution in [0.3, 0.4) is 0 Å². The maximum atomic E-state index is 12.1. The molecule has 0 saturated heterocycles. The summed E-state index contributed by atoms with van der Waals surface area (Å²) in [6.07, 6.45) is 0. The lowest BCUT2D eigenvalue weighted by Gasteiger charge is -2.32. The van der Waals surface area contributed by atoms with Crippen LogP contribution in [0.15, 0.2) is 33.5 Å². The Morgan fingerprint density at radius 2 is 1.69 bits per heavy atom. The molecular weight excluding hydrogens is 326 g/mol. The average molecular weight is 349 g/mol. The summed E-state index contributed by atoms with van der Waals surface area (Å²) in [5.74, 6) is 0.837. The van der Waals surface area contributed by atoms with E-state index in [1.54, 1.807) is 0 Å². The molecular formula is C22H23NO3. The van der Waals surface area contributed by atoms with Gasteiger partial charge in [-0.05, 0) is 69.5 Å². The van der Waals surface area contributed by atoms with Crippen LogP contribution in [-0.4, -0.2) is 6.73 Å². The molecule has 0 saturated carbocycles. The maximum Gasteiger partial charge on any atom is 0.339 e. The largest absolute Gasteiger partial charge is 0.472 e. The summed E-state index contributed by atoms with van der Waals surface area (Å²) in [7, 11) is 0. The minimum absolute atomic E-state index is 0.273. The Bertz CT molecular complexity index is 1090. The highest BCUT2D eigenvalue weighted by Gasteiger charge is 2.23. The van der Waals surface area contributed by atoms with Gasteiger partial charge in [-0.2, -0.15) is 0 Å². The van der Waals surface area contributed by atoms with Crippen molar-refractivity contribution in [2.45, 2.75) is 41.2 Å². The molecule has 0 bridgehead atoms. The maximum absolute atomic E-state index is 12.1. The van der Waals surface area contributed by atoms with Crippen LogP contribution in [0.5, 0.6) is 5.75 Å². The standard InChI is InChI=1S/C22H23NO3/c1-12-6-7-18(8-13(12)2)23-10-17-9-19-14(3)15(4)22(24)26-21(19)16(5)20(17)25-11-23/h6-9H,10-11H2,1-5H3. The van der Waals surface area contributed by atoms with Gasteiger partial charge in [-0.1, -0.05) is 6.07 Å². The second kappa shape index (κ2) is 5.90. The predicted octanol–water partition coefficient (Wildman–Crippen LogP) is 4.69. The summed E-state index contributed by atoms with van der Waals surface area (Å²) >= 11 is 0. The van der Waals surface area contributed by atoms with Crippen molar-refractivity contribution < 1.29 is 9.15 Å². The third kappa shape index (κ3) is 2.48. The molecule has 1 aliphatic rings. The van der Waals surface area contributed by atoms with Gasteiger partial charge < -0.3 is 14.1 Å². The molecule has 0 N–H and O–H groups in total. The molecule has 0 radical (unpaired) electrons. The van der Waals surface area contributed by atoms with E-state index in [4.69, 9.17) is 9.15 Å². The molecule has 0 fully saturated rings. The number of rotatable bonds is 1. The van der Waals surface area contributed by atoms with Crippen molar-refractivity contribution in [1.82, 2.24) is 0 Å². The van der Waals surface area contributed by atoms with Crippen molar-refractivity contribution in [3.8, 4) is 5.75 Å². The van der Waals surface area contributed by atoms with E-state index in [0.29, 0.717) is 17.9 Å². The minimum Gasteiger partial charge on any atom is -0.472 e. The zero-order valence-electron chi connectivity index (χ0n) is 15.9. The molecule has 4 heteroatoms. The Balaban J connectivity index is 1.83. The number of fused-ring (bicyclic) bond motifs is 2. The van der Waals surface area contributed by atoms with Crippen molar-refractivity contribution in [3.63, 3.8) is 0 Å². The second-order valence-electron chi connectivity index (χ2n) is 7.25. The van der Waals surface area contributed by atoms with E-state index in [0.717, 1.165) is 40.1 Å². The monoisotopic (exact) mass is 349 g/mol. The molecule has 2 aromatic carbocycles. The minimum atomic E-state index is -0.273.